The van der Waals surface area contributed by atoms with Crippen LogP contribution in [0, 0.1) is 6.92 Å². The van der Waals surface area contributed by atoms with Crippen molar-refractivity contribution in [3.05, 3.63) is 106 Å². The summed E-state index contributed by atoms with van der Waals surface area (Å²) in [6, 6.07) is 26.2. The van der Waals surface area contributed by atoms with E-state index in [9.17, 15) is 0 Å². The Morgan fingerprint density at radius 2 is 1.23 bits per heavy atom. The lowest BCUT2D eigenvalue weighted by atomic mass is 9.82. The molecule has 3 aromatic carbocycles. The van der Waals surface area contributed by atoms with Gasteiger partial charge in [-0.3, -0.25) is 0 Å². The van der Waals surface area contributed by atoms with Crippen LogP contribution >= 0.6 is 23.2 Å². The second kappa shape index (κ2) is 6.16. The Labute approximate surface area is 141 Å². The van der Waals surface area contributed by atoms with Crippen LogP contribution in [0.4, 0.5) is 0 Å². The second-order valence-corrected chi connectivity index (χ2v) is 6.35. The van der Waals surface area contributed by atoms with Gasteiger partial charge in [0.2, 0.25) is 0 Å². The van der Waals surface area contributed by atoms with Crippen LogP contribution in [0.25, 0.3) is 0 Å². The Hall–Kier alpha value is -1.76. The highest BCUT2D eigenvalue weighted by Crippen LogP contribution is 2.44. The molecule has 3 rings (SSSR count). The molecule has 0 heterocycles. The van der Waals surface area contributed by atoms with E-state index in [4.69, 9.17) is 23.2 Å². The normalized spacial score (nSPS) is 11.4. The van der Waals surface area contributed by atoms with Gasteiger partial charge in [0.25, 0.3) is 0 Å². The van der Waals surface area contributed by atoms with Crippen molar-refractivity contribution in [1.29, 1.82) is 0 Å². The number of benzene rings is 3. The van der Waals surface area contributed by atoms with Gasteiger partial charge in [-0.2, -0.15) is 0 Å². The number of hydrogen-bond acceptors (Lipinski definition) is 0. The number of alkyl halides is 1. The molecule has 0 aliphatic heterocycles. The standard InChI is InChI=1S/C20H16Cl2/c1-15-14-18(21)12-13-19(15)20(22,16-8-4-2-5-9-16)17-10-6-3-7-11-17/h2-14H,1H3. The highest BCUT2D eigenvalue weighted by Gasteiger charge is 2.35. The lowest BCUT2D eigenvalue weighted by Gasteiger charge is -2.30. The zero-order chi connectivity index (χ0) is 15.6. The first-order valence-electron chi connectivity index (χ1n) is 7.19. The fourth-order valence-electron chi connectivity index (χ4n) is 2.83. The van der Waals surface area contributed by atoms with Gasteiger partial charge < -0.3 is 0 Å². The summed E-state index contributed by atoms with van der Waals surface area (Å²) in [5.41, 5.74) is 4.23. The maximum atomic E-state index is 7.23. The maximum Gasteiger partial charge on any atom is 0.120 e. The summed E-state index contributed by atoms with van der Waals surface area (Å²) in [6.45, 7) is 2.05. The summed E-state index contributed by atoms with van der Waals surface area (Å²) in [5, 5.41) is 0.724. The Morgan fingerprint density at radius 1 is 0.727 bits per heavy atom. The van der Waals surface area contributed by atoms with Crippen LogP contribution in [-0.4, -0.2) is 0 Å². The molecule has 2 heteroatoms. The summed E-state index contributed by atoms with van der Waals surface area (Å²) < 4.78 is 0. The minimum atomic E-state index is -0.725. The predicted octanol–water partition coefficient (Wildman–Crippen LogP) is 6.18. The molecule has 0 aliphatic rings. The summed E-state index contributed by atoms with van der Waals surface area (Å²) in [6.07, 6.45) is 0. The number of hydrogen-bond donors (Lipinski definition) is 0. The Morgan fingerprint density at radius 3 is 1.68 bits per heavy atom. The average molecular weight is 327 g/mol. The molecule has 0 aromatic heterocycles. The van der Waals surface area contributed by atoms with Crippen LogP contribution in [-0.2, 0) is 4.87 Å². The number of rotatable bonds is 3. The topological polar surface area (TPSA) is 0 Å². The number of halogens is 2. The minimum absolute atomic E-state index is 0.724. The molecule has 0 spiro atoms. The summed E-state index contributed by atoms with van der Waals surface area (Å²) in [4.78, 5) is -0.725. The van der Waals surface area contributed by atoms with Gasteiger partial charge >= 0.3 is 0 Å². The van der Waals surface area contributed by atoms with Gasteiger partial charge in [-0.15, -0.1) is 11.6 Å². The van der Waals surface area contributed by atoms with Crippen LogP contribution in [0.3, 0.4) is 0 Å². The zero-order valence-electron chi connectivity index (χ0n) is 12.3. The van der Waals surface area contributed by atoms with E-state index in [-0.39, 0.29) is 0 Å². The highest BCUT2D eigenvalue weighted by atomic mass is 35.5. The first-order chi connectivity index (χ1) is 10.6. The molecule has 0 saturated heterocycles. The second-order valence-electron chi connectivity index (χ2n) is 5.35. The largest absolute Gasteiger partial charge is 0.120 e. The molecule has 0 radical (unpaired) electrons. The summed E-state index contributed by atoms with van der Waals surface area (Å²) >= 11 is 13.3. The summed E-state index contributed by atoms with van der Waals surface area (Å²) in [7, 11) is 0. The quantitative estimate of drug-likeness (QED) is 0.398. The Kier molecular flexibility index (Phi) is 4.24. The molecule has 0 fully saturated rings. The van der Waals surface area contributed by atoms with E-state index in [0.29, 0.717) is 0 Å². The van der Waals surface area contributed by atoms with E-state index in [0.717, 1.165) is 27.3 Å². The molecule has 3 aromatic rings. The van der Waals surface area contributed by atoms with Gasteiger partial charge in [0.1, 0.15) is 4.87 Å². The van der Waals surface area contributed by atoms with E-state index in [2.05, 4.69) is 24.3 Å². The summed E-state index contributed by atoms with van der Waals surface area (Å²) in [5.74, 6) is 0. The maximum absolute atomic E-state index is 7.23. The van der Waals surface area contributed by atoms with Gasteiger partial charge in [0.15, 0.2) is 0 Å². The van der Waals surface area contributed by atoms with Crippen molar-refractivity contribution in [2.24, 2.45) is 0 Å². The Bertz CT molecular complexity index is 725. The van der Waals surface area contributed by atoms with Crippen molar-refractivity contribution in [3.8, 4) is 0 Å². The average Bonchev–Trinajstić information content (AvgIpc) is 2.56. The van der Waals surface area contributed by atoms with Crippen molar-refractivity contribution in [3.63, 3.8) is 0 Å². The van der Waals surface area contributed by atoms with Gasteiger partial charge in [-0.05, 0) is 41.3 Å². The van der Waals surface area contributed by atoms with Crippen LogP contribution < -0.4 is 0 Å². The SMILES string of the molecule is Cc1cc(Cl)ccc1C(Cl)(c1ccccc1)c1ccccc1. The first kappa shape index (κ1) is 15.1. The van der Waals surface area contributed by atoms with Crippen molar-refractivity contribution in [2.75, 3.05) is 0 Å². The first-order valence-corrected chi connectivity index (χ1v) is 7.94. The lowest BCUT2D eigenvalue weighted by Crippen LogP contribution is -2.23. The van der Waals surface area contributed by atoms with Crippen molar-refractivity contribution >= 4 is 23.2 Å². The van der Waals surface area contributed by atoms with Crippen molar-refractivity contribution in [1.82, 2.24) is 0 Å². The van der Waals surface area contributed by atoms with Gasteiger partial charge in [-0.1, -0.05) is 78.3 Å². The molecule has 0 amide bonds. The van der Waals surface area contributed by atoms with E-state index >= 15 is 0 Å². The fraction of sp³-hybridized carbons (Fsp3) is 0.100. The predicted molar refractivity (Wildman–Crippen MR) is 94.8 cm³/mol. The van der Waals surface area contributed by atoms with Gasteiger partial charge in [0.05, 0.1) is 0 Å². The van der Waals surface area contributed by atoms with Crippen LogP contribution in [0.15, 0.2) is 78.9 Å². The minimum Gasteiger partial charge on any atom is -0.104 e. The molecule has 0 nitrogen and oxygen atoms in total. The molecule has 0 atom stereocenters. The molecule has 0 N–H and O–H groups in total. The van der Waals surface area contributed by atoms with E-state index in [1.165, 1.54) is 0 Å². The molecule has 0 saturated carbocycles. The Balaban J connectivity index is 2.28. The lowest BCUT2D eigenvalue weighted by molar-refractivity contribution is 0.869. The van der Waals surface area contributed by atoms with E-state index in [1.54, 1.807) is 0 Å². The monoisotopic (exact) mass is 326 g/mol. The van der Waals surface area contributed by atoms with Crippen LogP contribution in [0.5, 0.6) is 0 Å². The molecule has 110 valence electrons. The highest BCUT2D eigenvalue weighted by molar-refractivity contribution is 6.31. The van der Waals surface area contributed by atoms with E-state index < -0.39 is 4.87 Å². The third-order valence-electron chi connectivity index (χ3n) is 3.90. The van der Waals surface area contributed by atoms with Crippen molar-refractivity contribution < 1.29 is 0 Å². The van der Waals surface area contributed by atoms with Crippen molar-refractivity contribution in [2.45, 2.75) is 11.8 Å². The third kappa shape index (κ3) is 2.65. The molecular formula is C20H16Cl2. The molecule has 0 bridgehead atoms. The van der Waals surface area contributed by atoms with Crippen LogP contribution in [0.1, 0.15) is 22.3 Å². The van der Waals surface area contributed by atoms with Crippen LogP contribution in [0.2, 0.25) is 5.02 Å². The third-order valence-corrected chi connectivity index (χ3v) is 4.78. The van der Waals surface area contributed by atoms with Gasteiger partial charge in [0, 0.05) is 5.02 Å². The molecular weight excluding hydrogens is 311 g/mol. The fourth-order valence-corrected chi connectivity index (χ4v) is 3.52. The van der Waals surface area contributed by atoms with Gasteiger partial charge in [-0.25, -0.2) is 0 Å². The number of aryl methyl sites for hydroxylation is 1. The smallest absolute Gasteiger partial charge is 0.104 e. The molecule has 22 heavy (non-hydrogen) atoms. The molecule has 0 unspecified atom stereocenters. The molecule has 0 aliphatic carbocycles. The zero-order valence-corrected chi connectivity index (χ0v) is 13.8. The van der Waals surface area contributed by atoms with E-state index in [1.807, 2.05) is 61.5 Å².